The first-order chi connectivity index (χ1) is 8.06. The van der Waals surface area contributed by atoms with Gasteiger partial charge in [0.2, 0.25) is 5.91 Å². The van der Waals surface area contributed by atoms with Gasteiger partial charge in [-0.1, -0.05) is 15.9 Å². The number of carbonyl (C=O) groups is 1. The molecule has 1 unspecified atom stereocenters. The van der Waals surface area contributed by atoms with Gasteiger partial charge < -0.3 is 10.2 Å². The predicted octanol–water partition coefficient (Wildman–Crippen LogP) is 1.91. The van der Waals surface area contributed by atoms with Crippen molar-refractivity contribution in [2.75, 3.05) is 13.1 Å². The largest absolute Gasteiger partial charge is 0.336 e. The molecule has 3 nitrogen and oxygen atoms in total. The zero-order valence-electron chi connectivity index (χ0n) is 9.54. The Hall–Kier alpha value is -0.940. The highest BCUT2D eigenvalue weighted by molar-refractivity contribution is 9.10. The summed E-state index contributed by atoms with van der Waals surface area (Å²) in [4.78, 5) is 13.6. The Morgan fingerprint density at radius 1 is 1.53 bits per heavy atom. The van der Waals surface area contributed by atoms with Gasteiger partial charge in [-0.3, -0.25) is 4.79 Å². The van der Waals surface area contributed by atoms with Crippen molar-refractivity contribution in [3.05, 3.63) is 34.1 Å². The fourth-order valence-electron chi connectivity index (χ4n) is 1.97. The smallest absolute Gasteiger partial charge is 0.239 e. The minimum Gasteiger partial charge on any atom is -0.336 e. The first-order valence-corrected chi connectivity index (χ1v) is 6.33. The molecule has 0 spiro atoms. The minimum atomic E-state index is -0.287. The minimum absolute atomic E-state index is 0.0663. The molecule has 17 heavy (non-hydrogen) atoms. The molecule has 1 N–H and O–H groups in total. The number of carbonyl (C=O) groups excluding carboxylic acids is 1. The number of rotatable bonds is 2. The molecule has 1 aromatic rings. The first kappa shape index (κ1) is 12.5. The quantitative estimate of drug-likeness (QED) is 0.905. The molecule has 1 atom stereocenters. The fourth-order valence-corrected chi connectivity index (χ4v) is 2.48. The summed E-state index contributed by atoms with van der Waals surface area (Å²) in [5, 5.41) is 3.10. The fraction of sp³-hybridized carbons (Fsp3) is 0.417. The molecule has 0 bridgehead atoms. The molecule has 1 aliphatic rings. The van der Waals surface area contributed by atoms with E-state index in [9.17, 15) is 9.18 Å². The summed E-state index contributed by atoms with van der Waals surface area (Å²) in [6, 6.07) is 4.56. The maximum absolute atomic E-state index is 13.2. The molecule has 5 heteroatoms. The van der Waals surface area contributed by atoms with E-state index in [-0.39, 0.29) is 17.8 Å². The average Bonchev–Trinajstić information content (AvgIpc) is 2.23. The van der Waals surface area contributed by atoms with Gasteiger partial charge in [0, 0.05) is 24.1 Å². The predicted molar refractivity (Wildman–Crippen MR) is 67.0 cm³/mol. The van der Waals surface area contributed by atoms with Crippen LogP contribution in [0.25, 0.3) is 0 Å². The lowest BCUT2D eigenvalue weighted by atomic mass is 10.1. The van der Waals surface area contributed by atoms with Gasteiger partial charge >= 0.3 is 0 Å². The van der Waals surface area contributed by atoms with E-state index in [0.717, 1.165) is 12.1 Å². The summed E-state index contributed by atoms with van der Waals surface area (Å²) in [5.41, 5.74) is 0.805. The van der Waals surface area contributed by atoms with Crippen LogP contribution < -0.4 is 5.32 Å². The van der Waals surface area contributed by atoms with Gasteiger partial charge in [-0.05, 0) is 30.7 Å². The van der Waals surface area contributed by atoms with Gasteiger partial charge in [-0.2, -0.15) is 0 Å². The third-order valence-electron chi connectivity index (χ3n) is 2.81. The second-order valence-electron chi connectivity index (χ2n) is 4.21. The molecule has 1 aliphatic heterocycles. The van der Waals surface area contributed by atoms with Crippen molar-refractivity contribution in [3.8, 4) is 0 Å². The summed E-state index contributed by atoms with van der Waals surface area (Å²) in [6.07, 6.45) is 0. The number of nitrogens with zero attached hydrogens (tertiary/aromatic N) is 1. The monoisotopic (exact) mass is 300 g/mol. The van der Waals surface area contributed by atoms with E-state index in [2.05, 4.69) is 21.2 Å². The van der Waals surface area contributed by atoms with Crippen LogP contribution in [0.1, 0.15) is 12.5 Å². The van der Waals surface area contributed by atoms with Gasteiger partial charge in [-0.15, -0.1) is 0 Å². The summed E-state index contributed by atoms with van der Waals surface area (Å²) in [7, 11) is 0. The molecular weight excluding hydrogens is 287 g/mol. The molecular formula is C12H14BrFN2O. The molecule has 1 saturated heterocycles. The zero-order valence-corrected chi connectivity index (χ0v) is 11.1. The lowest BCUT2D eigenvalue weighted by molar-refractivity contribution is -0.135. The van der Waals surface area contributed by atoms with E-state index in [0.29, 0.717) is 17.6 Å². The lowest BCUT2D eigenvalue weighted by Gasteiger charge is -2.31. The van der Waals surface area contributed by atoms with Crippen molar-refractivity contribution < 1.29 is 9.18 Å². The molecule has 92 valence electrons. The number of amides is 1. The average molecular weight is 301 g/mol. The Morgan fingerprint density at radius 2 is 2.29 bits per heavy atom. The summed E-state index contributed by atoms with van der Waals surface area (Å²) < 4.78 is 13.9. The van der Waals surface area contributed by atoms with Crippen LogP contribution in [0.15, 0.2) is 22.7 Å². The van der Waals surface area contributed by atoms with Crippen molar-refractivity contribution in [2.45, 2.75) is 19.5 Å². The van der Waals surface area contributed by atoms with Crippen LogP contribution in [0.3, 0.4) is 0 Å². The molecule has 1 amide bonds. The van der Waals surface area contributed by atoms with Crippen LogP contribution >= 0.6 is 15.9 Å². The highest BCUT2D eigenvalue weighted by Gasteiger charge is 2.24. The number of hydrogen-bond donors (Lipinski definition) is 1. The van der Waals surface area contributed by atoms with E-state index in [4.69, 9.17) is 0 Å². The molecule has 0 aromatic heterocycles. The lowest BCUT2D eigenvalue weighted by Crippen LogP contribution is -2.53. The number of piperazine rings is 1. The van der Waals surface area contributed by atoms with E-state index < -0.39 is 0 Å². The van der Waals surface area contributed by atoms with Crippen LogP contribution in [-0.2, 0) is 11.3 Å². The van der Waals surface area contributed by atoms with E-state index in [1.807, 2.05) is 13.0 Å². The van der Waals surface area contributed by atoms with Gasteiger partial charge in [0.1, 0.15) is 5.82 Å². The van der Waals surface area contributed by atoms with Crippen molar-refractivity contribution in [1.29, 1.82) is 0 Å². The number of nitrogens with one attached hydrogen (secondary N) is 1. The van der Waals surface area contributed by atoms with Crippen molar-refractivity contribution >= 4 is 21.8 Å². The van der Waals surface area contributed by atoms with Crippen LogP contribution in [0.5, 0.6) is 0 Å². The standard InChI is InChI=1S/C12H14BrFN2O/c1-8-12(17)16(3-2-15-8)7-9-4-10(13)6-11(14)5-9/h4-6,8,15H,2-3,7H2,1H3. The summed E-state index contributed by atoms with van der Waals surface area (Å²) in [6.45, 7) is 3.75. The second-order valence-corrected chi connectivity index (χ2v) is 5.13. The Kier molecular flexibility index (Phi) is 3.79. The third-order valence-corrected chi connectivity index (χ3v) is 3.27. The van der Waals surface area contributed by atoms with Gasteiger partial charge in [-0.25, -0.2) is 4.39 Å². The molecule has 1 aromatic carbocycles. The van der Waals surface area contributed by atoms with Crippen LogP contribution in [-0.4, -0.2) is 29.9 Å². The molecule has 0 saturated carbocycles. The van der Waals surface area contributed by atoms with Crippen molar-refractivity contribution in [2.24, 2.45) is 0 Å². The molecule has 0 aliphatic carbocycles. The van der Waals surface area contributed by atoms with Crippen molar-refractivity contribution in [3.63, 3.8) is 0 Å². The SMILES string of the molecule is CC1NCCN(Cc2cc(F)cc(Br)c2)C1=O. The normalized spacial score (nSPS) is 20.8. The highest BCUT2D eigenvalue weighted by Crippen LogP contribution is 2.17. The number of halogens is 2. The summed E-state index contributed by atoms with van der Waals surface area (Å²) in [5.74, 6) is -0.221. The van der Waals surface area contributed by atoms with Crippen LogP contribution in [0.2, 0.25) is 0 Å². The Balaban J connectivity index is 2.12. The number of hydrogen-bond acceptors (Lipinski definition) is 2. The maximum Gasteiger partial charge on any atom is 0.239 e. The van der Waals surface area contributed by atoms with E-state index in [1.54, 1.807) is 4.90 Å². The molecule has 0 radical (unpaired) electrons. The van der Waals surface area contributed by atoms with E-state index in [1.165, 1.54) is 12.1 Å². The van der Waals surface area contributed by atoms with Gasteiger partial charge in [0.05, 0.1) is 6.04 Å². The second kappa shape index (κ2) is 5.14. The Bertz CT molecular complexity index is 418. The van der Waals surface area contributed by atoms with Crippen LogP contribution in [0, 0.1) is 5.82 Å². The molecule has 1 heterocycles. The number of benzene rings is 1. The zero-order chi connectivity index (χ0) is 12.4. The Labute approximate surface area is 108 Å². The van der Waals surface area contributed by atoms with Gasteiger partial charge in [0.15, 0.2) is 0 Å². The van der Waals surface area contributed by atoms with Crippen molar-refractivity contribution in [1.82, 2.24) is 10.2 Å². The topological polar surface area (TPSA) is 32.3 Å². The third kappa shape index (κ3) is 3.04. The summed E-state index contributed by atoms with van der Waals surface area (Å²) >= 11 is 3.25. The Morgan fingerprint density at radius 3 is 3.00 bits per heavy atom. The molecule has 2 rings (SSSR count). The first-order valence-electron chi connectivity index (χ1n) is 5.53. The maximum atomic E-state index is 13.2. The highest BCUT2D eigenvalue weighted by atomic mass is 79.9. The van der Waals surface area contributed by atoms with Crippen LogP contribution in [0.4, 0.5) is 4.39 Å². The van der Waals surface area contributed by atoms with E-state index >= 15 is 0 Å². The van der Waals surface area contributed by atoms with Gasteiger partial charge in [0.25, 0.3) is 0 Å². The molecule has 1 fully saturated rings.